The highest BCUT2D eigenvalue weighted by atomic mass is 16.2. The van der Waals surface area contributed by atoms with E-state index in [9.17, 15) is 19.2 Å². The minimum atomic E-state index is -0.596. The number of rotatable bonds is 0. The van der Waals surface area contributed by atoms with Crippen LogP contribution in [0.1, 0.15) is 54.4 Å². The number of carbonyl (C=O) groups is 4. The number of hydrogen-bond acceptors (Lipinski definition) is 4. The lowest BCUT2D eigenvalue weighted by atomic mass is 9.50. The molecule has 3 fully saturated rings. The highest BCUT2D eigenvalue weighted by Gasteiger charge is 2.66. The highest BCUT2D eigenvalue weighted by molar-refractivity contribution is 6.07. The summed E-state index contributed by atoms with van der Waals surface area (Å²) < 4.78 is 0. The number of fused-ring (bicyclic) bond motifs is 4. The molecule has 4 amide bonds. The summed E-state index contributed by atoms with van der Waals surface area (Å²) in [5, 5.41) is 0. The van der Waals surface area contributed by atoms with E-state index in [0.29, 0.717) is 0 Å². The molecule has 2 heterocycles. The Morgan fingerprint density at radius 1 is 0.667 bits per heavy atom. The molecule has 24 heavy (non-hydrogen) atoms. The maximum Gasteiger partial charge on any atom is 0.233 e. The van der Waals surface area contributed by atoms with Crippen molar-refractivity contribution in [2.45, 2.75) is 65.5 Å². The van der Waals surface area contributed by atoms with Crippen molar-refractivity contribution >= 4 is 23.6 Å². The Hall–Kier alpha value is -1.72. The maximum atomic E-state index is 12.9. The van der Waals surface area contributed by atoms with E-state index in [1.54, 1.807) is 0 Å². The number of likely N-dealkylation sites (tertiary alicyclic amines) is 2. The van der Waals surface area contributed by atoms with Gasteiger partial charge >= 0.3 is 0 Å². The van der Waals surface area contributed by atoms with Gasteiger partial charge in [0, 0.05) is 23.9 Å². The number of carbonyl (C=O) groups excluding carboxylic acids is 4. The van der Waals surface area contributed by atoms with Crippen LogP contribution in [0.2, 0.25) is 0 Å². The molecule has 0 radical (unpaired) electrons. The summed E-state index contributed by atoms with van der Waals surface area (Å²) in [4.78, 5) is 53.3. The van der Waals surface area contributed by atoms with Crippen molar-refractivity contribution in [3.8, 4) is 0 Å². The Morgan fingerprint density at radius 3 is 1.21 bits per heavy atom. The van der Waals surface area contributed by atoms with Gasteiger partial charge in [0.25, 0.3) is 0 Å². The fraction of sp³-hybridized carbons (Fsp3) is 0.778. The Labute approximate surface area is 142 Å². The van der Waals surface area contributed by atoms with E-state index in [-0.39, 0.29) is 48.3 Å². The van der Waals surface area contributed by atoms with E-state index in [1.807, 2.05) is 41.5 Å². The third-order valence-electron chi connectivity index (χ3n) is 5.53. The molecule has 2 saturated heterocycles. The predicted molar refractivity (Wildman–Crippen MR) is 86.4 cm³/mol. The maximum absolute atomic E-state index is 12.9. The minimum absolute atomic E-state index is 0.163. The molecule has 0 bridgehead atoms. The lowest BCUT2D eigenvalue weighted by molar-refractivity contribution is -0.195. The largest absolute Gasteiger partial charge is 0.277 e. The van der Waals surface area contributed by atoms with Crippen molar-refractivity contribution in [2.24, 2.45) is 23.7 Å². The van der Waals surface area contributed by atoms with Gasteiger partial charge in [-0.15, -0.1) is 0 Å². The first kappa shape index (κ1) is 17.1. The lowest BCUT2D eigenvalue weighted by Crippen LogP contribution is -2.71. The second-order valence-corrected chi connectivity index (χ2v) is 9.26. The number of piperidine rings is 2. The Morgan fingerprint density at radius 2 is 0.958 bits per heavy atom. The van der Waals surface area contributed by atoms with E-state index in [1.165, 1.54) is 9.80 Å². The first-order valence-electron chi connectivity index (χ1n) is 8.59. The van der Waals surface area contributed by atoms with Gasteiger partial charge in [-0.05, 0) is 53.4 Å². The Bertz CT molecular complexity index is 584. The molecule has 2 aliphatic heterocycles. The van der Waals surface area contributed by atoms with Crippen LogP contribution in [0.15, 0.2) is 0 Å². The normalized spacial score (nSPS) is 34.1. The average molecular weight is 334 g/mol. The average Bonchev–Trinajstić information content (AvgIpc) is 2.34. The zero-order chi connectivity index (χ0) is 18.2. The van der Waals surface area contributed by atoms with Crippen molar-refractivity contribution in [3.63, 3.8) is 0 Å². The van der Waals surface area contributed by atoms with Crippen LogP contribution in [0.5, 0.6) is 0 Å². The van der Waals surface area contributed by atoms with Crippen molar-refractivity contribution < 1.29 is 19.2 Å². The zero-order valence-electron chi connectivity index (χ0n) is 15.3. The topological polar surface area (TPSA) is 74.8 Å². The molecule has 4 unspecified atom stereocenters. The fourth-order valence-corrected chi connectivity index (χ4v) is 4.69. The van der Waals surface area contributed by atoms with Crippen molar-refractivity contribution in [1.82, 2.24) is 9.80 Å². The summed E-state index contributed by atoms with van der Waals surface area (Å²) in [5.41, 5.74) is -1.19. The Kier molecular flexibility index (Phi) is 3.49. The molecule has 1 saturated carbocycles. The molecule has 6 nitrogen and oxygen atoms in total. The van der Waals surface area contributed by atoms with Crippen LogP contribution in [0, 0.1) is 23.7 Å². The molecule has 3 aliphatic rings. The predicted octanol–water partition coefficient (Wildman–Crippen LogP) is 1.58. The smallest absolute Gasteiger partial charge is 0.233 e. The van der Waals surface area contributed by atoms with Crippen LogP contribution in [0.25, 0.3) is 0 Å². The molecular weight excluding hydrogens is 308 g/mol. The first-order valence-corrected chi connectivity index (χ1v) is 8.59. The van der Waals surface area contributed by atoms with Crippen LogP contribution in [-0.2, 0) is 19.2 Å². The van der Waals surface area contributed by atoms with Gasteiger partial charge in [0.05, 0.1) is 11.8 Å². The summed E-state index contributed by atoms with van der Waals surface area (Å²) >= 11 is 0. The van der Waals surface area contributed by atoms with Crippen LogP contribution < -0.4 is 0 Å². The third-order valence-corrected chi connectivity index (χ3v) is 5.53. The van der Waals surface area contributed by atoms with Crippen LogP contribution in [0.4, 0.5) is 0 Å². The molecule has 0 N–H and O–H groups in total. The standard InChI is InChI=1S/C18H26N2O4/c1-17(2,3)19-11(21)7-9-10-8-12(22)20(18(4,5)6)16(24)14(10)13(9)15(19)23/h9-10,13-14H,7-8H2,1-6H3. The minimum Gasteiger partial charge on any atom is -0.277 e. The third kappa shape index (κ3) is 2.22. The molecule has 4 atom stereocenters. The lowest BCUT2D eigenvalue weighted by Gasteiger charge is -2.59. The van der Waals surface area contributed by atoms with Gasteiger partial charge in [0.2, 0.25) is 23.6 Å². The van der Waals surface area contributed by atoms with E-state index in [4.69, 9.17) is 0 Å². The quantitative estimate of drug-likeness (QED) is 0.630. The fourth-order valence-electron chi connectivity index (χ4n) is 4.69. The van der Waals surface area contributed by atoms with Gasteiger partial charge in [0.1, 0.15) is 0 Å². The summed E-state index contributed by atoms with van der Waals surface area (Å²) in [7, 11) is 0. The molecule has 0 aromatic rings. The van der Waals surface area contributed by atoms with Crippen molar-refractivity contribution in [1.29, 1.82) is 0 Å². The Balaban J connectivity index is 1.93. The van der Waals surface area contributed by atoms with Crippen molar-refractivity contribution in [3.05, 3.63) is 0 Å². The van der Waals surface area contributed by atoms with Crippen LogP contribution >= 0.6 is 0 Å². The van der Waals surface area contributed by atoms with Gasteiger partial charge in [-0.25, -0.2) is 0 Å². The van der Waals surface area contributed by atoms with Gasteiger partial charge < -0.3 is 0 Å². The van der Waals surface area contributed by atoms with E-state index in [0.717, 1.165) is 0 Å². The van der Waals surface area contributed by atoms with E-state index in [2.05, 4.69) is 0 Å². The molecular formula is C18H26N2O4. The van der Waals surface area contributed by atoms with Crippen LogP contribution in [0.3, 0.4) is 0 Å². The number of imide groups is 2. The molecule has 1 aliphatic carbocycles. The van der Waals surface area contributed by atoms with Gasteiger partial charge in [-0.1, -0.05) is 0 Å². The zero-order valence-corrected chi connectivity index (χ0v) is 15.3. The second kappa shape index (κ2) is 4.90. The van der Waals surface area contributed by atoms with Crippen LogP contribution in [-0.4, -0.2) is 44.5 Å². The summed E-state index contributed by atoms with van der Waals surface area (Å²) in [6.45, 7) is 11.0. The molecule has 3 rings (SSSR count). The molecule has 0 spiro atoms. The van der Waals surface area contributed by atoms with Gasteiger partial charge in [-0.2, -0.15) is 0 Å². The molecule has 0 aromatic heterocycles. The molecule has 132 valence electrons. The first-order chi connectivity index (χ1) is 10.9. The molecule has 6 heteroatoms. The number of nitrogens with zero attached hydrogens (tertiary/aromatic N) is 2. The molecule has 0 aromatic carbocycles. The van der Waals surface area contributed by atoms with Gasteiger partial charge in [-0.3, -0.25) is 29.0 Å². The van der Waals surface area contributed by atoms with Crippen molar-refractivity contribution in [2.75, 3.05) is 0 Å². The van der Waals surface area contributed by atoms with Gasteiger partial charge in [0.15, 0.2) is 0 Å². The van der Waals surface area contributed by atoms with E-state index >= 15 is 0 Å². The van der Waals surface area contributed by atoms with E-state index < -0.39 is 22.9 Å². The summed E-state index contributed by atoms with van der Waals surface area (Å²) in [5.74, 6) is -2.12. The second-order valence-electron chi connectivity index (χ2n) is 9.26. The summed E-state index contributed by atoms with van der Waals surface area (Å²) in [6.07, 6.45) is 0.510. The number of amides is 4. The highest BCUT2D eigenvalue weighted by Crippen LogP contribution is 2.56. The number of hydrogen-bond donors (Lipinski definition) is 0. The SMILES string of the molecule is CC(C)(C)N1C(=O)CC2C3CC(=O)N(C(C)(C)C)C(=O)C3C2C1=O. The monoisotopic (exact) mass is 334 g/mol. The summed E-state index contributed by atoms with van der Waals surface area (Å²) in [6, 6.07) is 0.